The number of hydrogen-bond acceptors (Lipinski definition) is 4. The summed E-state index contributed by atoms with van der Waals surface area (Å²) in [6.07, 6.45) is 2.26. The molecule has 0 amide bonds. The Bertz CT molecular complexity index is 630. The molecule has 116 valence electrons. The Balaban J connectivity index is 3.14. The molecule has 0 saturated heterocycles. The molecule has 0 heterocycles. The molecule has 0 aliphatic rings. The van der Waals surface area contributed by atoms with Crippen LogP contribution in [0.3, 0.4) is 0 Å². The number of benzene rings is 1. The van der Waals surface area contributed by atoms with Gasteiger partial charge >= 0.3 is 0 Å². The first-order chi connectivity index (χ1) is 9.90. The van der Waals surface area contributed by atoms with E-state index in [4.69, 9.17) is 5.11 Å². The molecule has 0 aliphatic carbocycles. The van der Waals surface area contributed by atoms with Gasteiger partial charge in [-0.25, -0.2) is 13.1 Å². The zero-order valence-corrected chi connectivity index (χ0v) is 14.1. The van der Waals surface area contributed by atoms with Gasteiger partial charge in [-0.15, -0.1) is 0 Å². The van der Waals surface area contributed by atoms with Gasteiger partial charge in [0.15, 0.2) is 0 Å². The van der Waals surface area contributed by atoms with Crippen LogP contribution in [0.4, 0.5) is 0 Å². The maximum Gasteiger partial charge on any atom is 0.242 e. The number of aryl methyl sites for hydroxylation is 1. The van der Waals surface area contributed by atoms with Crippen molar-refractivity contribution >= 4 is 21.8 Å². The van der Waals surface area contributed by atoms with Gasteiger partial charge in [0.1, 0.15) is 0 Å². The van der Waals surface area contributed by atoms with Gasteiger partial charge in [-0.05, 0) is 37.8 Å². The minimum absolute atomic E-state index is 0.0378. The molecule has 1 aromatic carbocycles. The summed E-state index contributed by atoms with van der Waals surface area (Å²) in [7, 11) is -3.59. The van der Waals surface area contributed by atoms with Gasteiger partial charge in [0, 0.05) is 23.8 Å². The number of sulfonamides is 1. The van der Waals surface area contributed by atoms with E-state index in [1.54, 1.807) is 30.0 Å². The fraction of sp³-hybridized carbons (Fsp3) is 0.467. The molecule has 0 radical (unpaired) electrons. The summed E-state index contributed by atoms with van der Waals surface area (Å²) in [5.74, 6) is 6.31. The van der Waals surface area contributed by atoms with Gasteiger partial charge in [0.25, 0.3) is 0 Å². The van der Waals surface area contributed by atoms with Gasteiger partial charge in [-0.1, -0.05) is 17.9 Å². The number of nitrogens with one attached hydrogen (secondary N) is 1. The lowest BCUT2D eigenvalue weighted by atomic mass is 10.1. The normalized spacial score (nSPS) is 12.6. The first kappa shape index (κ1) is 18.1. The zero-order chi connectivity index (χ0) is 15.9. The van der Waals surface area contributed by atoms with E-state index in [0.717, 1.165) is 5.56 Å². The lowest BCUT2D eigenvalue weighted by Gasteiger charge is -2.14. The highest BCUT2D eigenvalue weighted by Crippen LogP contribution is 2.17. The van der Waals surface area contributed by atoms with Crippen LogP contribution in [0.25, 0.3) is 0 Å². The average molecular weight is 327 g/mol. The molecule has 0 fully saturated rings. The van der Waals surface area contributed by atoms with Gasteiger partial charge in [-0.3, -0.25) is 0 Å². The molecule has 2 N–H and O–H groups in total. The lowest BCUT2D eigenvalue weighted by molar-refractivity contribution is 0.305. The fourth-order valence-corrected chi connectivity index (χ4v) is 3.88. The van der Waals surface area contributed by atoms with Crippen LogP contribution in [-0.2, 0) is 10.0 Å². The number of aliphatic hydroxyl groups is 1. The second-order valence-electron chi connectivity index (χ2n) is 4.75. The summed E-state index contributed by atoms with van der Waals surface area (Å²) in [4.78, 5) is 0.187. The fourth-order valence-electron chi connectivity index (χ4n) is 1.80. The molecule has 0 saturated carbocycles. The van der Waals surface area contributed by atoms with Crippen LogP contribution < -0.4 is 4.72 Å². The van der Waals surface area contributed by atoms with Crippen molar-refractivity contribution in [3.63, 3.8) is 0 Å². The molecule has 21 heavy (non-hydrogen) atoms. The first-order valence-corrected chi connectivity index (χ1v) is 9.50. The molecular formula is C15H21NO3S2. The summed E-state index contributed by atoms with van der Waals surface area (Å²) < 4.78 is 27.5. The molecule has 0 aromatic heterocycles. The summed E-state index contributed by atoms with van der Waals surface area (Å²) in [6, 6.07) is 4.93. The Morgan fingerprint density at radius 2 is 2.14 bits per heavy atom. The van der Waals surface area contributed by atoms with E-state index in [-0.39, 0.29) is 17.5 Å². The topological polar surface area (TPSA) is 66.4 Å². The van der Waals surface area contributed by atoms with Crippen LogP contribution in [0.2, 0.25) is 0 Å². The number of aliphatic hydroxyl groups excluding tert-OH is 1. The van der Waals surface area contributed by atoms with E-state index in [9.17, 15) is 8.42 Å². The molecular weight excluding hydrogens is 306 g/mol. The number of rotatable bonds is 6. The largest absolute Gasteiger partial charge is 0.395 e. The Hall–Kier alpha value is -1.00. The van der Waals surface area contributed by atoms with E-state index >= 15 is 0 Å². The monoisotopic (exact) mass is 327 g/mol. The van der Waals surface area contributed by atoms with Gasteiger partial charge in [0.2, 0.25) is 10.0 Å². The Morgan fingerprint density at radius 3 is 2.76 bits per heavy atom. The van der Waals surface area contributed by atoms with Crippen LogP contribution in [-0.4, -0.2) is 38.2 Å². The minimum atomic E-state index is -3.59. The summed E-state index contributed by atoms with van der Waals surface area (Å²) in [5, 5.41) is 8.77. The zero-order valence-electron chi connectivity index (χ0n) is 12.5. The van der Waals surface area contributed by atoms with Crippen LogP contribution in [0, 0.1) is 18.8 Å². The molecule has 0 bridgehead atoms. The molecule has 4 nitrogen and oxygen atoms in total. The van der Waals surface area contributed by atoms with Crippen molar-refractivity contribution < 1.29 is 13.5 Å². The third kappa shape index (κ3) is 5.71. The lowest BCUT2D eigenvalue weighted by Crippen LogP contribution is -2.34. The molecule has 1 aromatic rings. The number of thioether (sulfide) groups is 1. The molecule has 1 rings (SSSR count). The van der Waals surface area contributed by atoms with Crippen LogP contribution in [0.1, 0.15) is 24.5 Å². The molecule has 1 unspecified atom stereocenters. The minimum Gasteiger partial charge on any atom is -0.395 e. The third-order valence-corrected chi connectivity index (χ3v) is 5.14. The highest BCUT2D eigenvalue weighted by atomic mass is 32.2. The predicted octanol–water partition coefficient (Wildman–Crippen LogP) is 1.76. The van der Waals surface area contributed by atoms with Gasteiger partial charge in [0.05, 0.1) is 11.5 Å². The second kappa shape index (κ2) is 8.44. The van der Waals surface area contributed by atoms with E-state index in [1.807, 2.05) is 20.1 Å². The van der Waals surface area contributed by atoms with Gasteiger partial charge < -0.3 is 5.11 Å². The van der Waals surface area contributed by atoms with Crippen molar-refractivity contribution in [1.82, 2.24) is 4.72 Å². The Labute approximate surface area is 131 Å². The molecule has 0 spiro atoms. The quantitative estimate of drug-likeness (QED) is 0.781. The van der Waals surface area contributed by atoms with Crippen LogP contribution >= 0.6 is 11.8 Å². The van der Waals surface area contributed by atoms with Crippen molar-refractivity contribution in [2.45, 2.75) is 31.2 Å². The standard InChI is InChI=1S/C15H21NO3S2/c1-12-7-8-15(14(10-12)6-4-5-9-17)21(18,19)16-13(2)11-20-3/h7-8,10,13,16-17H,5,9,11H2,1-3H3. The second-order valence-corrected chi connectivity index (χ2v) is 7.35. The van der Waals surface area contributed by atoms with Crippen molar-refractivity contribution in [3.05, 3.63) is 29.3 Å². The predicted molar refractivity (Wildman–Crippen MR) is 87.9 cm³/mol. The van der Waals surface area contributed by atoms with E-state index in [2.05, 4.69) is 16.6 Å². The van der Waals surface area contributed by atoms with Gasteiger partial charge in [-0.2, -0.15) is 11.8 Å². The maximum absolute atomic E-state index is 12.4. The van der Waals surface area contributed by atoms with Crippen molar-refractivity contribution in [2.24, 2.45) is 0 Å². The van der Waals surface area contributed by atoms with E-state index < -0.39 is 10.0 Å². The first-order valence-electron chi connectivity index (χ1n) is 6.62. The maximum atomic E-state index is 12.4. The molecule has 1 atom stereocenters. The summed E-state index contributed by atoms with van der Waals surface area (Å²) in [5.41, 5.74) is 1.41. The molecule has 6 heteroatoms. The number of hydrogen-bond donors (Lipinski definition) is 2. The Morgan fingerprint density at radius 1 is 1.43 bits per heavy atom. The SMILES string of the molecule is CSCC(C)NS(=O)(=O)c1ccc(C)cc1C#CCCO. The van der Waals surface area contributed by atoms with Crippen LogP contribution in [0.15, 0.2) is 23.1 Å². The highest BCUT2D eigenvalue weighted by molar-refractivity contribution is 7.98. The van der Waals surface area contributed by atoms with Crippen molar-refractivity contribution in [2.75, 3.05) is 18.6 Å². The third-order valence-electron chi connectivity index (χ3n) is 2.66. The van der Waals surface area contributed by atoms with Crippen molar-refractivity contribution in [1.29, 1.82) is 0 Å². The highest BCUT2D eigenvalue weighted by Gasteiger charge is 2.20. The van der Waals surface area contributed by atoms with Crippen LogP contribution in [0.5, 0.6) is 0 Å². The Kier molecular flexibility index (Phi) is 7.26. The van der Waals surface area contributed by atoms with E-state index in [1.165, 1.54) is 0 Å². The van der Waals surface area contributed by atoms with E-state index in [0.29, 0.717) is 17.7 Å². The summed E-state index contributed by atoms with van der Waals surface area (Å²) >= 11 is 1.59. The smallest absolute Gasteiger partial charge is 0.242 e. The average Bonchev–Trinajstić information content (AvgIpc) is 2.38. The van der Waals surface area contributed by atoms with Crippen molar-refractivity contribution in [3.8, 4) is 11.8 Å². The molecule has 0 aliphatic heterocycles. The summed E-state index contributed by atoms with van der Waals surface area (Å²) in [6.45, 7) is 3.68.